The Morgan fingerprint density at radius 1 is 0.450 bits per heavy atom. The Kier molecular flexibility index (Phi) is 6.92. The highest BCUT2D eigenvalue weighted by molar-refractivity contribution is 6.26. The average molecular weight is 764 g/mol. The third-order valence-corrected chi connectivity index (χ3v) is 13.4. The summed E-state index contributed by atoms with van der Waals surface area (Å²) in [5, 5.41) is 7.50. The summed E-state index contributed by atoms with van der Waals surface area (Å²) in [7, 11) is 0. The summed E-state index contributed by atoms with van der Waals surface area (Å²) < 4.78 is 2.53. The van der Waals surface area contributed by atoms with Gasteiger partial charge >= 0.3 is 0 Å². The molecular weight excluding hydrogens is 727 g/mol. The van der Waals surface area contributed by atoms with E-state index in [4.69, 9.17) is 9.98 Å². The minimum absolute atomic E-state index is 0.148. The van der Waals surface area contributed by atoms with Crippen molar-refractivity contribution < 1.29 is 0 Å². The van der Waals surface area contributed by atoms with Gasteiger partial charge in [0, 0.05) is 33.4 Å². The van der Waals surface area contributed by atoms with E-state index >= 15 is 0 Å². The van der Waals surface area contributed by atoms with Gasteiger partial charge in [0.25, 0.3) is 0 Å². The van der Waals surface area contributed by atoms with Crippen molar-refractivity contribution in [2.24, 2.45) is 15.9 Å². The molecule has 4 bridgehead atoms. The van der Waals surface area contributed by atoms with Crippen molar-refractivity contribution in [3.05, 3.63) is 239 Å². The van der Waals surface area contributed by atoms with E-state index in [9.17, 15) is 0 Å². The van der Waals surface area contributed by atoms with Crippen LogP contribution in [-0.2, 0) is 5.41 Å². The number of aromatic nitrogens is 1. The van der Waals surface area contributed by atoms with Crippen molar-refractivity contribution in [3.8, 4) is 11.1 Å². The normalized spacial score (nSPS) is 17.8. The Morgan fingerprint density at radius 3 is 1.78 bits per heavy atom. The summed E-state index contributed by atoms with van der Waals surface area (Å²) >= 11 is 0. The molecule has 0 radical (unpaired) electrons. The molecule has 3 heterocycles. The van der Waals surface area contributed by atoms with Crippen LogP contribution in [0.4, 0.5) is 0 Å². The van der Waals surface area contributed by atoms with Crippen LogP contribution in [0.25, 0.3) is 65.7 Å². The van der Waals surface area contributed by atoms with Crippen LogP contribution in [0.3, 0.4) is 0 Å². The van der Waals surface area contributed by atoms with E-state index in [2.05, 4.69) is 212 Å². The first-order valence-electron chi connectivity index (χ1n) is 20.9. The Balaban J connectivity index is 1.33. The van der Waals surface area contributed by atoms with Crippen LogP contribution in [0.15, 0.2) is 210 Å². The van der Waals surface area contributed by atoms with E-state index in [0.29, 0.717) is 5.84 Å². The highest BCUT2D eigenvalue weighted by Crippen LogP contribution is 2.63. The number of aliphatic imine (C=N–C) groups is 2. The van der Waals surface area contributed by atoms with E-state index in [1.807, 2.05) is 0 Å². The van der Waals surface area contributed by atoms with Gasteiger partial charge in [-0.15, -0.1) is 0 Å². The largest absolute Gasteiger partial charge is 0.296 e. The molecule has 10 aromatic rings. The molecule has 1 aliphatic carbocycles. The number of amidine groups is 1. The number of hydrogen-bond acceptors (Lipinski definition) is 2. The van der Waals surface area contributed by atoms with Gasteiger partial charge in [0.15, 0.2) is 5.84 Å². The summed E-state index contributed by atoms with van der Waals surface area (Å²) in [4.78, 5) is 11.4. The minimum Gasteiger partial charge on any atom is -0.296 e. The van der Waals surface area contributed by atoms with E-state index in [0.717, 1.165) is 39.3 Å². The van der Waals surface area contributed by atoms with E-state index in [1.165, 1.54) is 71.2 Å². The molecule has 0 N–H and O–H groups in total. The molecule has 0 fully saturated rings. The van der Waals surface area contributed by atoms with Gasteiger partial charge in [-0.1, -0.05) is 195 Å². The van der Waals surface area contributed by atoms with Gasteiger partial charge in [0.1, 0.15) is 5.84 Å². The number of hydrogen-bond donors (Lipinski definition) is 0. The van der Waals surface area contributed by atoms with Crippen LogP contribution >= 0.6 is 0 Å². The van der Waals surface area contributed by atoms with E-state index in [1.54, 1.807) is 0 Å². The fourth-order valence-electron chi connectivity index (χ4n) is 11.1. The van der Waals surface area contributed by atoms with Crippen molar-refractivity contribution in [1.82, 2.24) is 4.57 Å². The fraction of sp³-hybridized carbons (Fsp3) is 0.0526. The standard InChI is InChI=1S/C57H37N3/c1-35-49-38-22-17-25-40(34-38)57(39-23-9-4-10-24-39)51-45-30-14-12-27-42(45)41-26-11-13-29-44(41)50(51)47-33-32-46-43-28-15-16-31-48(43)60(54(46)52(47)57)56(35)59-55(37-20-7-3-8-21-37)58-53(49)36-18-5-2-6-19-36/h2-35H,1H3. The molecule has 13 rings (SSSR count). The van der Waals surface area contributed by atoms with Crippen molar-refractivity contribution >= 4 is 66.3 Å². The fourth-order valence-corrected chi connectivity index (χ4v) is 11.1. The van der Waals surface area contributed by atoms with Crippen LogP contribution in [0.5, 0.6) is 0 Å². The van der Waals surface area contributed by atoms with Gasteiger partial charge in [0.05, 0.1) is 22.1 Å². The molecule has 0 spiro atoms. The minimum atomic E-state index is -0.710. The van der Waals surface area contributed by atoms with Crippen LogP contribution < -0.4 is 0 Å². The first-order valence-corrected chi connectivity index (χ1v) is 20.9. The highest BCUT2D eigenvalue weighted by Gasteiger charge is 2.51. The summed E-state index contributed by atoms with van der Waals surface area (Å²) in [5.74, 6) is 1.51. The maximum Gasteiger partial charge on any atom is 0.161 e. The quantitative estimate of drug-likeness (QED) is 0.160. The molecule has 3 nitrogen and oxygen atoms in total. The molecule has 2 aliphatic heterocycles. The average Bonchev–Trinajstić information content (AvgIpc) is 3.77. The van der Waals surface area contributed by atoms with Crippen molar-refractivity contribution in [1.29, 1.82) is 0 Å². The topological polar surface area (TPSA) is 29.6 Å². The number of fused-ring (bicyclic) bond motifs is 18. The van der Waals surface area contributed by atoms with Crippen LogP contribution in [0.2, 0.25) is 0 Å². The van der Waals surface area contributed by atoms with Gasteiger partial charge in [-0.05, 0) is 72.6 Å². The predicted molar refractivity (Wildman–Crippen MR) is 250 cm³/mol. The van der Waals surface area contributed by atoms with Crippen molar-refractivity contribution in [2.75, 3.05) is 0 Å². The third-order valence-electron chi connectivity index (χ3n) is 13.4. The zero-order valence-electron chi connectivity index (χ0n) is 33.0. The lowest BCUT2D eigenvalue weighted by Gasteiger charge is -2.37. The molecule has 2 atom stereocenters. The molecule has 2 unspecified atom stereocenters. The first kappa shape index (κ1) is 33.4. The second-order valence-electron chi connectivity index (χ2n) is 16.4. The second kappa shape index (κ2) is 12.4. The smallest absolute Gasteiger partial charge is 0.161 e. The molecular formula is C57H37N3. The lowest BCUT2D eigenvalue weighted by atomic mass is 9.65. The van der Waals surface area contributed by atoms with Crippen LogP contribution in [0.1, 0.15) is 45.9 Å². The van der Waals surface area contributed by atoms with Gasteiger partial charge in [-0.2, -0.15) is 0 Å². The predicted octanol–water partition coefficient (Wildman–Crippen LogP) is 13.7. The Morgan fingerprint density at radius 2 is 1.03 bits per heavy atom. The van der Waals surface area contributed by atoms with Gasteiger partial charge in [-0.25, -0.2) is 9.98 Å². The molecule has 0 saturated heterocycles. The summed E-state index contributed by atoms with van der Waals surface area (Å²) in [6, 6.07) is 73.7. The lowest BCUT2D eigenvalue weighted by molar-refractivity contribution is 0.776. The number of para-hydroxylation sites is 1. The van der Waals surface area contributed by atoms with E-state index in [-0.39, 0.29) is 5.92 Å². The molecule has 3 heteroatoms. The van der Waals surface area contributed by atoms with Crippen molar-refractivity contribution in [3.63, 3.8) is 0 Å². The Bertz CT molecular complexity index is 3540. The Labute approximate surface area is 348 Å². The summed E-state index contributed by atoms with van der Waals surface area (Å²) in [6.07, 6.45) is 0. The maximum absolute atomic E-state index is 5.79. The molecule has 1 aromatic heterocycles. The molecule has 0 amide bonds. The van der Waals surface area contributed by atoms with Crippen LogP contribution in [-0.4, -0.2) is 16.2 Å². The molecule has 60 heavy (non-hydrogen) atoms. The lowest BCUT2D eigenvalue weighted by Crippen LogP contribution is -2.32. The first-order chi connectivity index (χ1) is 29.7. The van der Waals surface area contributed by atoms with Gasteiger partial charge in [0.2, 0.25) is 0 Å². The number of allylic oxidation sites excluding steroid dienone is 1. The monoisotopic (exact) mass is 763 g/mol. The number of benzene rings is 9. The van der Waals surface area contributed by atoms with Crippen molar-refractivity contribution in [2.45, 2.75) is 12.3 Å². The summed E-state index contributed by atoms with van der Waals surface area (Å²) in [6.45, 7) is 2.33. The molecule has 3 aliphatic rings. The molecule has 9 aromatic carbocycles. The van der Waals surface area contributed by atoms with Crippen LogP contribution in [0, 0.1) is 5.92 Å². The Hall–Kier alpha value is -7.62. The number of nitrogens with zero attached hydrogens (tertiary/aromatic N) is 3. The number of rotatable bonds is 3. The highest BCUT2D eigenvalue weighted by atomic mass is 15.1. The SMILES string of the molecule is CC1C2=NC(c3ccccc3)=NC(c3ccccc3)=C1c1cccc(c1)C1(c3ccccc3)c3c(c4ccccc4c4ccccc34)-c3ccc4c5ccccc5n2c4c31. The van der Waals surface area contributed by atoms with Gasteiger partial charge in [-0.3, -0.25) is 4.57 Å². The maximum atomic E-state index is 5.79. The third kappa shape index (κ3) is 4.33. The van der Waals surface area contributed by atoms with Gasteiger partial charge < -0.3 is 0 Å². The zero-order valence-corrected chi connectivity index (χ0v) is 33.0. The molecule has 280 valence electrons. The molecule has 0 saturated carbocycles. The summed E-state index contributed by atoms with van der Waals surface area (Å²) in [5.41, 5.74) is 14.6. The second-order valence-corrected chi connectivity index (χ2v) is 16.4. The van der Waals surface area contributed by atoms with E-state index < -0.39 is 5.41 Å². The zero-order chi connectivity index (χ0) is 39.5.